The van der Waals surface area contributed by atoms with Gasteiger partial charge in [-0.05, 0) is 30.2 Å². The summed E-state index contributed by atoms with van der Waals surface area (Å²) in [7, 11) is -2.71. The number of carbonyl (C=O) groups is 1. The fourth-order valence-electron chi connectivity index (χ4n) is 3.00. The van der Waals surface area contributed by atoms with Gasteiger partial charge in [0.15, 0.2) is 23.1 Å². The first-order chi connectivity index (χ1) is 14.7. The third-order valence-electron chi connectivity index (χ3n) is 4.68. The number of amides is 1. The third kappa shape index (κ3) is 5.45. The van der Waals surface area contributed by atoms with E-state index in [1.807, 2.05) is 0 Å². The minimum Gasteiger partial charge on any atom is -0.494 e. The van der Waals surface area contributed by atoms with Crippen molar-refractivity contribution in [2.45, 2.75) is 31.2 Å². The van der Waals surface area contributed by atoms with Gasteiger partial charge in [0.25, 0.3) is 0 Å². The number of hydrogen-bond donors (Lipinski definition) is 2. The summed E-state index contributed by atoms with van der Waals surface area (Å²) in [5.74, 6) is -0.797. The molecule has 31 heavy (non-hydrogen) atoms. The average molecular weight is 453 g/mol. The van der Waals surface area contributed by atoms with Crippen molar-refractivity contribution in [3.8, 4) is 17.2 Å². The number of fused-ring (bicyclic) bond motifs is 1. The number of sulfonamides is 1. The standard InChI is InChI=1S/C21H25FN2O6S/c1-13(2)20(21(25)23-14-5-7-17(28-3)16(22)11-14)24-31(26,27)15-6-8-18-19(12-15)30-10-4-9-29-18/h5-8,11-13,20,24H,4,9-10H2,1-3H3,(H,23,25). The van der Waals surface area contributed by atoms with Crippen LogP contribution in [0.25, 0.3) is 0 Å². The van der Waals surface area contributed by atoms with Gasteiger partial charge < -0.3 is 19.5 Å². The van der Waals surface area contributed by atoms with Crippen molar-refractivity contribution in [1.29, 1.82) is 0 Å². The van der Waals surface area contributed by atoms with Gasteiger partial charge in [-0.15, -0.1) is 0 Å². The van der Waals surface area contributed by atoms with Crippen LogP contribution in [-0.4, -0.2) is 40.7 Å². The van der Waals surface area contributed by atoms with Crippen molar-refractivity contribution in [1.82, 2.24) is 4.72 Å². The lowest BCUT2D eigenvalue weighted by atomic mass is 10.0. The van der Waals surface area contributed by atoms with E-state index in [4.69, 9.17) is 14.2 Å². The first kappa shape index (κ1) is 22.8. The lowest BCUT2D eigenvalue weighted by Gasteiger charge is -2.22. The van der Waals surface area contributed by atoms with E-state index in [1.165, 1.54) is 37.4 Å². The van der Waals surface area contributed by atoms with Crippen molar-refractivity contribution >= 4 is 21.6 Å². The Labute approximate surface area is 180 Å². The maximum absolute atomic E-state index is 13.9. The molecule has 1 atom stereocenters. The molecule has 1 aliphatic rings. The zero-order valence-electron chi connectivity index (χ0n) is 17.5. The van der Waals surface area contributed by atoms with E-state index in [0.717, 1.165) is 6.07 Å². The molecule has 1 heterocycles. The molecule has 0 fully saturated rings. The summed E-state index contributed by atoms with van der Waals surface area (Å²) in [6, 6.07) is 7.14. The van der Waals surface area contributed by atoms with Gasteiger partial charge in [0, 0.05) is 24.2 Å². The largest absolute Gasteiger partial charge is 0.494 e. The molecule has 0 radical (unpaired) electrons. The van der Waals surface area contributed by atoms with E-state index in [9.17, 15) is 17.6 Å². The number of hydrogen-bond acceptors (Lipinski definition) is 6. The SMILES string of the molecule is COc1ccc(NC(=O)C(NS(=O)(=O)c2ccc3c(c2)OCCCO3)C(C)C)cc1F. The molecule has 8 nitrogen and oxygen atoms in total. The molecule has 0 saturated heterocycles. The Bertz CT molecular complexity index is 1060. The summed E-state index contributed by atoms with van der Waals surface area (Å²) in [6.07, 6.45) is 0.691. The molecular formula is C21H25FN2O6S. The predicted octanol–water partition coefficient (Wildman–Crippen LogP) is 2.94. The maximum Gasteiger partial charge on any atom is 0.242 e. The van der Waals surface area contributed by atoms with Crippen molar-refractivity contribution in [2.24, 2.45) is 5.92 Å². The molecule has 1 aliphatic heterocycles. The predicted molar refractivity (Wildman–Crippen MR) is 113 cm³/mol. The minimum atomic E-state index is -4.05. The highest BCUT2D eigenvalue weighted by Gasteiger charge is 2.29. The van der Waals surface area contributed by atoms with Crippen LogP contribution in [0.15, 0.2) is 41.3 Å². The molecule has 0 saturated carbocycles. The Hall–Kier alpha value is -2.85. The van der Waals surface area contributed by atoms with Crippen LogP contribution >= 0.6 is 0 Å². The molecule has 2 aromatic carbocycles. The lowest BCUT2D eigenvalue weighted by molar-refractivity contribution is -0.118. The summed E-state index contributed by atoms with van der Waals surface area (Å²) in [4.78, 5) is 12.7. The minimum absolute atomic E-state index is 0.0357. The Morgan fingerprint density at radius 2 is 1.81 bits per heavy atom. The van der Waals surface area contributed by atoms with Gasteiger partial charge in [-0.1, -0.05) is 13.8 Å². The smallest absolute Gasteiger partial charge is 0.242 e. The Morgan fingerprint density at radius 1 is 1.10 bits per heavy atom. The van der Waals surface area contributed by atoms with Crippen molar-refractivity contribution in [2.75, 3.05) is 25.6 Å². The summed E-state index contributed by atoms with van der Waals surface area (Å²) < 4.78 is 58.2. The molecular weight excluding hydrogens is 427 g/mol. The van der Waals surface area contributed by atoms with Gasteiger partial charge in [0.2, 0.25) is 15.9 Å². The van der Waals surface area contributed by atoms with Crippen LogP contribution in [0.1, 0.15) is 20.3 Å². The number of benzene rings is 2. The number of anilines is 1. The first-order valence-electron chi connectivity index (χ1n) is 9.77. The van der Waals surface area contributed by atoms with Crippen LogP contribution in [0.3, 0.4) is 0 Å². The Kier molecular flexibility index (Phi) is 7.01. The number of rotatable bonds is 7. The van der Waals surface area contributed by atoms with Crippen LogP contribution in [0.5, 0.6) is 17.2 Å². The van der Waals surface area contributed by atoms with E-state index >= 15 is 0 Å². The van der Waals surface area contributed by atoms with E-state index in [0.29, 0.717) is 31.1 Å². The van der Waals surface area contributed by atoms with Crippen molar-refractivity contribution in [3.05, 3.63) is 42.2 Å². The number of methoxy groups -OCH3 is 1. The lowest BCUT2D eigenvalue weighted by Crippen LogP contribution is -2.47. The van der Waals surface area contributed by atoms with Gasteiger partial charge in [-0.3, -0.25) is 4.79 Å². The Morgan fingerprint density at radius 3 is 2.45 bits per heavy atom. The topological polar surface area (TPSA) is 103 Å². The summed E-state index contributed by atoms with van der Waals surface area (Å²) in [5, 5.41) is 2.54. The average Bonchev–Trinajstić information content (AvgIpc) is 2.97. The van der Waals surface area contributed by atoms with Gasteiger partial charge >= 0.3 is 0 Å². The second kappa shape index (κ2) is 9.52. The van der Waals surface area contributed by atoms with Crippen LogP contribution < -0.4 is 24.2 Å². The van der Waals surface area contributed by atoms with Crippen LogP contribution in [0.4, 0.5) is 10.1 Å². The fraction of sp³-hybridized carbons (Fsp3) is 0.381. The molecule has 1 unspecified atom stereocenters. The molecule has 0 bridgehead atoms. The van der Waals surface area contributed by atoms with Gasteiger partial charge in [-0.25, -0.2) is 12.8 Å². The highest BCUT2D eigenvalue weighted by Crippen LogP contribution is 2.32. The van der Waals surface area contributed by atoms with Crippen molar-refractivity contribution in [3.63, 3.8) is 0 Å². The summed E-state index contributed by atoms with van der Waals surface area (Å²) in [5.41, 5.74) is 0.184. The molecule has 0 spiro atoms. The summed E-state index contributed by atoms with van der Waals surface area (Å²) in [6.45, 7) is 4.31. The molecule has 2 aromatic rings. The Balaban J connectivity index is 1.79. The molecule has 0 aliphatic carbocycles. The highest BCUT2D eigenvalue weighted by molar-refractivity contribution is 7.89. The van der Waals surface area contributed by atoms with Crippen LogP contribution in [0.2, 0.25) is 0 Å². The number of carbonyl (C=O) groups excluding carboxylic acids is 1. The normalized spacial score (nSPS) is 14.6. The third-order valence-corrected chi connectivity index (χ3v) is 6.12. The highest BCUT2D eigenvalue weighted by atomic mass is 32.2. The van der Waals surface area contributed by atoms with Crippen LogP contribution in [0, 0.1) is 11.7 Å². The van der Waals surface area contributed by atoms with Gasteiger partial charge in [0.05, 0.1) is 25.2 Å². The van der Waals surface area contributed by atoms with E-state index in [-0.39, 0.29) is 22.3 Å². The monoisotopic (exact) mass is 452 g/mol. The number of ether oxygens (including phenoxy) is 3. The molecule has 2 N–H and O–H groups in total. The molecule has 168 valence electrons. The molecule has 0 aromatic heterocycles. The number of nitrogens with one attached hydrogen (secondary N) is 2. The summed E-state index contributed by atoms with van der Waals surface area (Å²) >= 11 is 0. The van der Waals surface area contributed by atoms with Crippen molar-refractivity contribution < 1.29 is 31.8 Å². The molecule has 3 rings (SSSR count). The zero-order valence-corrected chi connectivity index (χ0v) is 18.3. The quantitative estimate of drug-likeness (QED) is 0.670. The zero-order chi connectivity index (χ0) is 22.6. The maximum atomic E-state index is 13.9. The fourth-order valence-corrected chi connectivity index (χ4v) is 4.36. The molecule has 1 amide bonds. The number of halogens is 1. The second-order valence-electron chi connectivity index (χ2n) is 7.34. The molecule has 10 heteroatoms. The first-order valence-corrected chi connectivity index (χ1v) is 11.3. The van der Waals surface area contributed by atoms with E-state index in [1.54, 1.807) is 13.8 Å². The van der Waals surface area contributed by atoms with Crippen LogP contribution in [-0.2, 0) is 14.8 Å². The van der Waals surface area contributed by atoms with E-state index in [2.05, 4.69) is 10.0 Å². The van der Waals surface area contributed by atoms with E-state index < -0.39 is 27.8 Å². The second-order valence-corrected chi connectivity index (χ2v) is 9.05. The van der Waals surface area contributed by atoms with Gasteiger partial charge in [-0.2, -0.15) is 4.72 Å². The van der Waals surface area contributed by atoms with Gasteiger partial charge in [0.1, 0.15) is 6.04 Å².